The molecule has 2 saturated heterocycles. The number of hydrogen-bond acceptors (Lipinski definition) is 14. The van der Waals surface area contributed by atoms with Gasteiger partial charge in [-0.2, -0.15) is 8.61 Å². The molecule has 0 saturated carbocycles. The molecule has 5 aromatic rings. The van der Waals surface area contributed by atoms with Crippen molar-refractivity contribution in [3.8, 4) is 0 Å². The van der Waals surface area contributed by atoms with Gasteiger partial charge in [0, 0.05) is 68.3 Å². The van der Waals surface area contributed by atoms with E-state index >= 15 is 0 Å². The maximum absolute atomic E-state index is 12.8. The highest BCUT2D eigenvalue weighted by Gasteiger charge is 2.47. The van der Waals surface area contributed by atoms with Crippen molar-refractivity contribution in [2.24, 2.45) is 10.3 Å². The summed E-state index contributed by atoms with van der Waals surface area (Å²) >= 11 is 14.3. The van der Waals surface area contributed by atoms with Gasteiger partial charge in [0.1, 0.15) is 15.4 Å². The zero-order chi connectivity index (χ0) is 45.0. The van der Waals surface area contributed by atoms with E-state index < -0.39 is 43.4 Å². The van der Waals surface area contributed by atoms with Crippen LogP contribution >= 0.6 is 45.9 Å². The lowest BCUT2D eigenvalue weighted by Gasteiger charge is -2.36. The van der Waals surface area contributed by atoms with Crippen LogP contribution in [0.2, 0.25) is 9.36 Å². The first-order valence-corrected chi connectivity index (χ1v) is 25.5. The Balaban J connectivity index is 0.000000176. The number of sulfonamides is 2. The number of benzene rings is 3. The molecule has 2 fully saturated rings. The Labute approximate surface area is 387 Å². The minimum absolute atomic E-state index is 0.191. The molecule has 6 heterocycles. The average Bonchev–Trinajstić information content (AvgIpc) is 4.13. The van der Waals surface area contributed by atoms with Gasteiger partial charge < -0.3 is 29.8 Å². The number of carbonyl (C=O) groups excluding carboxylic acids is 2. The zero-order valence-corrected chi connectivity index (χ0v) is 38.8. The molecule has 3 aromatic carbocycles. The predicted octanol–water partition coefficient (Wildman–Crippen LogP) is 8.32. The Morgan fingerprint density at radius 3 is 1.84 bits per heavy atom. The second-order valence-corrected chi connectivity index (χ2v) is 22.7. The van der Waals surface area contributed by atoms with E-state index in [4.69, 9.17) is 42.4 Å². The average molecular weight is 990 g/mol. The SMILES string of the molecule is O=C(NCc1cccc2ccccc12)OC1=NOC2(CCN(S(=O)(=O)c3ccc(Cl)s3)CC2)C1.O=C(NCc1cccs1)OC1=NOC2(CCN(S(=O)(=O)c3ccc(Cl)cc3)CC2)C1. The molecule has 2 N–H and O–H groups in total. The number of alkyl carbamates (subject to hydrolysis) is 2. The summed E-state index contributed by atoms with van der Waals surface area (Å²) in [6, 6.07) is 26.9. The number of halogens is 2. The highest BCUT2D eigenvalue weighted by atomic mass is 35.5. The Hall–Kier alpha value is -4.80. The molecular weight excluding hydrogens is 948 g/mol. The number of rotatable bonds is 8. The number of fused-ring (bicyclic) bond motifs is 1. The smallest absolute Gasteiger partial charge is 0.392 e. The van der Waals surface area contributed by atoms with Gasteiger partial charge >= 0.3 is 12.2 Å². The molecule has 338 valence electrons. The molecule has 2 spiro atoms. The first-order chi connectivity index (χ1) is 30.7. The van der Waals surface area contributed by atoms with E-state index in [2.05, 4.69) is 20.9 Å². The van der Waals surface area contributed by atoms with E-state index in [1.165, 1.54) is 26.8 Å². The maximum Gasteiger partial charge on any atom is 0.414 e. The van der Waals surface area contributed by atoms with Crippen molar-refractivity contribution in [3.05, 3.63) is 116 Å². The van der Waals surface area contributed by atoms with Crippen LogP contribution in [0.15, 0.2) is 116 Å². The molecule has 22 heteroatoms. The van der Waals surface area contributed by atoms with E-state index in [9.17, 15) is 26.4 Å². The van der Waals surface area contributed by atoms with Crippen LogP contribution in [0.4, 0.5) is 9.59 Å². The topological polar surface area (TPSA) is 195 Å². The summed E-state index contributed by atoms with van der Waals surface area (Å²) in [5.41, 5.74) is -0.323. The first kappa shape index (κ1) is 45.8. The van der Waals surface area contributed by atoms with Gasteiger partial charge in [-0.3, -0.25) is 0 Å². The molecule has 16 nitrogen and oxygen atoms in total. The number of nitrogens with zero attached hydrogens (tertiary/aromatic N) is 4. The largest absolute Gasteiger partial charge is 0.414 e. The molecule has 0 unspecified atom stereocenters. The van der Waals surface area contributed by atoms with Gasteiger partial charge in [0.25, 0.3) is 10.0 Å². The Morgan fingerprint density at radius 1 is 0.688 bits per heavy atom. The van der Waals surface area contributed by atoms with Crippen LogP contribution in [-0.2, 0) is 52.3 Å². The number of oxime groups is 2. The summed E-state index contributed by atoms with van der Waals surface area (Å²) in [4.78, 5) is 36.7. The van der Waals surface area contributed by atoms with Crippen LogP contribution < -0.4 is 10.6 Å². The van der Waals surface area contributed by atoms with Crippen molar-refractivity contribution >= 4 is 101 Å². The second kappa shape index (κ2) is 19.4. The lowest BCUT2D eigenvalue weighted by molar-refractivity contribution is -0.0508. The summed E-state index contributed by atoms with van der Waals surface area (Å²) in [5.74, 6) is 0.393. The number of hydrogen-bond donors (Lipinski definition) is 2. The molecule has 0 atom stereocenters. The molecule has 2 amide bonds. The maximum atomic E-state index is 12.8. The number of piperidine rings is 2. The monoisotopic (exact) mass is 988 g/mol. The summed E-state index contributed by atoms with van der Waals surface area (Å²) < 4.78 is 65.4. The third-order valence-electron chi connectivity index (χ3n) is 11.2. The number of ether oxygens (including phenoxy) is 2. The van der Waals surface area contributed by atoms with E-state index in [0.717, 1.165) is 32.5 Å². The molecule has 0 radical (unpaired) electrons. The van der Waals surface area contributed by atoms with Gasteiger partial charge in [0.15, 0.2) is 0 Å². The fourth-order valence-corrected chi connectivity index (χ4v) is 13.0. The van der Waals surface area contributed by atoms with Gasteiger partial charge in [-0.25, -0.2) is 26.4 Å². The second-order valence-electron chi connectivity index (χ2n) is 15.4. The van der Waals surface area contributed by atoms with Crippen molar-refractivity contribution < 1.29 is 45.6 Å². The van der Waals surface area contributed by atoms with Crippen molar-refractivity contribution in [1.82, 2.24) is 19.2 Å². The van der Waals surface area contributed by atoms with E-state index in [0.29, 0.717) is 74.1 Å². The van der Waals surface area contributed by atoms with Crippen LogP contribution in [-0.4, -0.2) is 86.8 Å². The van der Waals surface area contributed by atoms with E-state index in [-0.39, 0.29) is 34.0 Å². The van der Waals surface area contributed by atoms with Crippen LogP contribution in [0, 0.1) is 0 Å². The molecule has 0 aliphatic carbocycles. The van der Waals surface area contributed by atoms with Crippen LogP contribution in [0.1, 0.15) is 49.0 Å². The molecule has 2 aromatic heterocycles. The summed E-state index contributed by atoms with van der Waals surface area (Å²) in [6.45, 7) is 1.85. The summed E-state index contributed by atoms with van der Waals surface area (Å²) in [6.07, 6.45) is 1.23. The predicted molar refractivity (Wildman–Crippen MR) is 243 cm³/mol. The third kappa shape index (κ3) is 10.7. The van der Waals surface area contributed by atoms with Crippen molar-refractivity contribution in [2.75, 3.05) is 26.2 Å². The molecule has 4 aliphatic rings. The highest BCUT2D eigenvalue weighted by Crippen LogP contribution is 2.39. The van der Waals surface area contributed by atoms with Crippen LogP contribution in [0.3, 0.4) is 0 Å². The van der Waals surface area contributed by atoms with E-state index in [1.54, 1.807) is 29.5 Å². The van der Waals surface area contributed by atoms with Crippen molar-refractivity contribution in [1.29, 1.82) is 0 Å². The minimum atomic E-state index is -3.60. The molecule has 9 rings (SSSR count). The molecular formula is C42H42Cl2N6O10S4. The van der Waals surface area contributed by atoms with Crippen molar-refractivity contribution in [2.45, 2.75) is 71.9 Å². The molecule has 64 heavy (non-hydrogen) atoms. The van der Waals surface area contributed by atoms with Gasteiger partial charge in [-0.15, -0.1) is 22.7 Å². The number of carbonyl (C=O) groups is 2. The molecule has 0 bridgehead atoms. The Morgan fingerprint density at radius 2 is 1.27 bits per heavy atom. The Kier molecular flexibility index (Phi) is 13.8. The number of amides is 2. The summed E-state index contributed by atoms with van der Waals surface area (Å²) in [5, 5.41) is 17.9. The Bertz CT molecular complexity index is 2770. The highest BCUT2D eigenvalue weighted by molar-refractivity contribution is 7.91. The lowest BCUT2D eigenvalue weighted by atomic mass is 9.89. The normalized spacial score (nSPS) is 18.3. The van der Waals surface area contributed by atoms with Crippen LogP contribution in [0.25, 0.3) is 10.8 Å². The van der Waals surface area contributed by atoms with E-state index in [1.807, 2.05) is 60.0 Å². The minimum Gasteiger partial charge on any atom is -0.392 e. The van der Waals surface area contributed by atoms with Gasteiger partial charge in [0.2, 0.25) is 21.8 Å². The standard InChI is InChI=1S/C23H22ClN3O5S2.C19H20ClN3O5S2/c24-19-8-9-21(33-19)34(29,30)27-12-10-23(11-13-27)14-20(26-32-23)31-22(28)25-15-17-6-3-5-16-4-1-2-7-18(16)17;20-14-3-5-16(6-4-14)30(25,26)23-9-7-19(8-10-23)12-17(22-28-19)27-18(24)21-13-15-2-1-11-29-15/h1-9H,10-15H2,(H,25,28);1-6,11H,7-10,12-13H2,(H,21,24). The third-order valence-corrected chi connectivity index (χ3v) is 17.8. The first-order valence-electron chi connectivity index (χ1n) is 20.1. The summed E-state index contributed by atoms with van der Waals surface area (Å²) in [7, 11) is -7.19. The zero-order valence-electron chi connectivity index (χ0n) is 34.0. The number of thiophene rings is 2. The quantitative estimate of drug-likeness (QED) is 0.153. The van der Waals surface area contributed by atoms with Crippen LogP contribution in [0.5, 0.6) is 0 Å². The fourth-order valence-electron chi connectivity index (χ4n) is 7.68. The van der Waals surface area contributed by atoms with Crippen molar-refractivity contribution in [3.63, 3.8) is 0 Å². The fraction of sp³-hybridized carbons (Fsp3) is 0.333. The van der Waals surface area contributed by atoms with Gasteiger partial charge in [0.05, 0.1) is 28.6 Å². The lowest BCUT2D eigenvalue weighted by Crippen LogP contribution is -2.46. The molecule has 4 aliphatic heterocycles. The van der Waals surface area contributed by atoms with Gasteiger partial charge in [-0.05, 0) is 64.2 Å². The van der Waals surface area contributed by atoms with Gasteiger partial charge in [-0.1, -0.05) is 82.0 Å². The number of nitrogens with one attached hydrogen (secondary N) is 2.